The number of thiophene rings is 1. The summed E-state index contributed by atoms with van der Waals surface area (Å²) < 4.78 is 58.3. The Labute approximate surface area is 397 Å². The van der Waals surface area contributed by atoms with Gasteiger partial charge in [-0.25, -0.2) is 0 Å². The standard InChI is InChI=1S/C48H57F2N4O8PS3/c1-29-13-15-35(41(56)54-36(29)16-17-37(54)42(57)53-28-33(30-11-9-8-10-12-30)34(27-51)47(53)19-20-47)52-40(55)39-26-31-25-32(14-18-38(31)66-39)48(49,50)63(60,61-21-23-64-43(58)45(2,3)4)62-22-24-65-44(59)46(5,6)7/h8-12,14,18,25-26,33-37H,1,13,15-17,19-24,28H2,2-7H3,(H,52,55)/t33-,34-,35?,36+,37-/m0/s1. The molecular formula is C48H57F2N4O8PS3. The van der Waals surface area contributed by atoms with Crippen molar-refractivity contribution in [1.82, 2.24) is 15.1 Å². The molecule has 4 heterocycles. The van der Waals surface area contributed by atoms with Crippen LogP contribution in [0.3, 0.4) is 0 Å². The van der Waals surface area contributed by atoms with Crippen molar-refractivity contribution in [2.24, 2.45) is 16.7 Å². The van der Waals surface area contributed by atoms with Crippen molar-refractivity contribution in [3.8, 4) is 6.07 Å². The molecule has 0 bridgehead atoms. The van der Waals surface area contributed by atoms with Gasteiger partial charge in [-0.1, -0.05) is 114 Å². The van der Waals surface area contributed by atoms with Gasteiger partial charge in [0.25, 0.3) is 5.91 Å². The van der Waals surface area contributed by atoms with Crippen LogP contribution in [0.2, 0.25) is 0 Å². The maximum Gasteiger partial charge on any atom is 0.404 e. The number of hydrogen-bond donors (Lipinski definition) is 1. The van der Waals surface area contributed by atoms with Crippen LogP contribution in [0.4, 0.5) is 8.78 Å². The van der Waals surface area contributed by atoms with Crippen molar-refractivity contribution in [2.75, 3.05) is 31.3 Å². The predicted molar refractivity (Wildman–Crippen MR) is 254 cm³/mol. The van der Waals surface area contributed by atoms with Crippen molar-refractivity contribution < 1.29 is 46.4 Å². The molecule has 7 rings (SSSR count). The van der Waals surface area contributed by atoms with Crippen molar-refractivity contribution in [1.29, 1.82) is 5.26 Å². The van der Waals surface area contributed by atoms with E-state index in [9.17, 15) is 33.8 Å². The Morgan fingerprint density at radius 1 is 0.939 bits per heavy atom. The number of alkyl halides is 2. The molecule has 1 N–H and O–H groups in total. The minimum absolute atomic E-state index is 0.0527. The summed E-state index contributed by atoms with van der Waals surface area (Å²) in [6, 6.07) is 15.1. The molecule has 66 heavy (non-hydrogen) atoms. The molecule has 3 aromatic rings. The van der Waals surface area contributed by atoms with E-state index in [2.05, 4.69) is 18.0 Å². The first-order valence-electron chi connectivity index (χ1n) is 22.2. The molecule has 5 atom stereocenters. The Morgan fingerprint density at radius 3 is 2.14 bits per heavy atom. The molecule has 1 saturated carbocycles. The van der Waals surface area contributed by atoms with Gasteiger partial charge in [0, 0.05) is 45.1 Å². The van der Waals surface area contributed by atoms with E-state index in [-0.39, 0.29) is 62.2 Å². The molecule has 1 spiro atoms. The summed E-state index contributed by atoms with van der Waals surface area (Å²) in [5.41, 5.74) is -5.03. The first-order valence-corrected chi connectivity index (χ1v) is 26.6. The summed E-state index contributed by atoms with van der Waals surface area (Å²) >= 11 is 2.78. The zero-order chi connectivity index (χ0) is 48.0. The number of nitrogens with one attached hydrogen (secondary N) is 1. The van der Waals surface area contributed by atoms with Gasteiger partial charge in [-0.3, -0.25) is 28.5 Å². The Bertz CT molecular complexity index is 2460. The number of carbonyl (C=O) groups is 5. The number of carbonyl (C=O) groups excluding carboxylic acids is 5. The smallest absolute Gasteiger partial charge is 0.340 e. The average molecular weight is 983 g/mol. The third kappa shape index (κ3) is 9.97. The summed E-state index contributed by atoms with van der Waals surface area (Å²) in [6.07, 6.45) is 3.08. The van der Waals surface area contributed by atoms with Gasteiger partial charge < -0.3 is 24.2 Å². The van der Waals surface area contributed by atoms with Gasteiger partial charge in [-0.05, 0) is 67.7 Å². The van der Waals surface area contributed by atoms with Crippen LogP contribution >= 0.6 is 42.5 Å². The summed E-state index contributed by atoms with van der Waals surface area (Å²) in [7, 11) is -5.28. The fourth-order valence-electron chi connectivity index (χ4n) is 9.07. The molecule has 18 heteroatoms. The fraction of sp³-hybridized carbons (Fsp3) is 0.542. The topological polar surface area (TPSA) is 163 Å². The molecule has 4 aliphatic rings. The van der Waals surface area contributed by atoms with Gasteiger partial charge in [0.15, 0.2) is 10.2 Å². The van der Waals surface area contributed by atoms with E-state index in [1.54, 1.807) is 46.4 Å². The molecular weight excluding hydrogens is 926 g/mol. The summed E-state index contributed by atoms with van der Waals surface area (Å²) in [5, 5.41) is 13.1. The molecule has 1 aromatic heterocycles. The lowest BCUT2D eigenvalue weighted by Gasteiger charge is -2.35. The highest BCUT2D eigenvalue weighted by atomic mass is 32.2. The van der Waals surface area contributed by atoms with Crippen LogP contribution in [0.25, 0.3) is 10.1 Å². The zero-order valence-electron chi connectivity index (χ0n) is 38.1. The Hall–Kier alpha value is -3.91. The molecule has 0 radical (unpaired) electrons. The van der Waals surface area contributed by atoms with Crippen LogP contribution in [0.5, 0.6) is 0 Å². The van der Waals surface area contributed by atoms with Crippen molar-refractivity contribution in [2.45, 2.75) is 115 Å². The second kappa shape index (κ2) is 19.2. The van der Waals surface area contributed by atoms with E-state index in [4.69, 9.17) is 9.05 Å². The highest BCUT2D eigenvalue weighted by molar-refractivity contribution is 8.14. The lowest BCUT2D eigenvalue weighted by atomic mass is 9.85. The van der Waals surface area contributed by atoms with E-state index < -0.39 is 72.3 Å². The average Bonchev–Trinajstić information content (AvgIpc) is 3.61. The summed E-state index contributed by atoms with van der Waals surface area (Å²) in [4.78, 5) is 71.6. The molecule has 3 amide bonds. The van der Waals surface area contributed by atoms with E-state index >= 15 is 8.78 Å². The van der Waals surface area contributed by atoms with E-state index in [1.807, 2.05) is 35.2 Å². The van der Waals surface area contributed by atoms with E-state index in [0.29, 0.717) is 43.3 Å². The second-order valence-electron chi connectivity index (χ2n) is 19.6. The van der Waals surface area contributed by atoms with Crippen LogP contribution in [0, 0.1) is 28.1 Å². The van der Waals surface area contributed by atoms with Crippen LogP contribution in [-0.4, -0.2) is 92.7 Å². The number of nitriles is 1. The third-order valence-corrected chi connectivity index (χ3v) is 18.5. The number of benzene rings is 2. The minimum atomic E-state index is -5.28. The molecule has 12 nitrogen and oxygen atoms in total. The highest BCUT2D eigenvalue weighted by Gasteiger charge is 2.65. The lowest BCUT2D eigenvalue weighted by Crippen LogP contribution is -2.56. The second-order valence-corrected chi connectivity index (χ2v) is 24.9. The van der Waals surface area contributed by atoms with E-state index in [0.717, 1.165) is 58.1 Å². The molecule has 1 unspecified atom stereocenters. The van der Waals surface area contributed by atoms with Crippen LogP contribution < -0.4 is 5.32 Å². The number of amides is 3. The quantitative estimate of drug-likeness (QED) is 0.0929. The highest BCUT2D eigenvalue weighted by Crippen LogP contribution is 2.67. The number of nitrogens with zero attached hydrogens (tertiary/aromatic N) is 3. The third-order valence-electron chi connectivity index (χ3n) is 12.9. The predicted octanol–water partition coefficient (Wildman–Crippen LogP) is 9.90. The van der Waals surface area contributed by atoms with Crippen LogP contribution in [0.15, 0.2) is 66.7 Å². The molecule has 4 fully saturated rings. The monoisotopic (exact) mass is 982 g/mol. The van der Waals surface area contributed by atoms with Crippen LogP contribution in [0.1, 0.15) is 107 Å². The Balaban J connectivity index is 1.06. The number of halogens is 2. The molecule has 1 aliphatic carbocycles. The van der Waals surface area contributed by atoms with Gasteiger partial charge in [-0.2, -0.15) is 14.0 Å². The first-order chi connectivity index (χ1) is 31.0. The zero-order valence-corrected chi connectivity index (χ0v) is 41.4. The fourth-order valence-corrected chi connectivity index (χ4v) is 13.4. The van der Waals surface area contributed by atoms with Gasteiger partial charge in [0.2, 0.25) is 11.8 Å². The van der Waals surface area contributed by atoms with Gasteiger partial charge in [0.1, 0.15) is 12.1 Å². The largest absolute Gasteiger partial charge is 0.404 e. The van der Waals surface area contributed by atoms with Gasteiger partial charge in [0.05, 0.1) is 41.7 Å². The number of thioether (sulfide) groups is 2. The van der Waals surface area contributed by atoms with Crippen LogP contribution in [-0.2, 0) is 38.5 Å². The maximum atomic E-state index is 16.5. The van der Waals surface area contributed by atoms with Crippen molar-refractivity contribution in [3.05, 3.63) is 82.8 Å². The molecule has 3 saturated heterocycles. The maximum absolute atomic E-state index is 16.5. The van der Waals surface area contributed by atoms with E-state index in [1.165, 1.54) is 12.1 Å². The number of hydrogen-bond acceptors (Lipinski definition) is 12. The molecule has 2 aromatic carbocycles. The SMILES string of the molecule is C=C1CCC(NC(=O)c2cc3cc(C(F)(F)P(=O)(OCCSC(=O)C(C)(C)C)OCCSC(=O)C(C)(C)C)ccc3s2)C(=O)N2[C@@H]1CC[C@H]2C(=O)N1C[C@@H](c2ccccc2)[C@H](C#N)C12CC2. The van der Waals surface area contributed by atoms with Gasteiger partial charge in [-0.15, -0.1) is 11.3 Å². The Morgan fingerprint density at radius 2 is 1.56 bits per heavy atom. The molecule has 354 valence electrons. The number of likely N-dealkylation sites (tertiary alicyclic amines) is 1. The normalized spacial score (nSPS) is 23.2. The number of rotatable bonds is 14. The molecule has 3 aliphatic heterocycles. The van der Waals surface area contributed by atoms with Gasteiger partial charge >= 0.3 is 13.3 Å². The number of fused-ring (bicyclic) bond motifs is 2. The Kier molecular flexibility index (Phi) is 14.6. The van der Waals surface area contributed by atoms with Crippen molar-refractivity contribution >= 4 is 80.5 Å². The minimum Gasteiger partial charge on any atom is -0.340 e. The first kappa shape index (κ1) is 50.0. The lowest BCUT2D eigenvalue weighted by molar-refractivity contribution is -0.146. The summed E-state index contributed by atoms with van der Waals surface area (Å²) in [5.74, 6) is -1.83. The summed E-state index contributed by atoms with van der Waals surface area (Å²) in [6.45, 7) is 14.0. The van der Waals surface area contributed by atoms with Crippen molar-refractivity contribution in [3.63, 3.8) is 0 Å².